The molecule has 1 aromatic heterocycles. The summed E-state index contributed by atoms with van der Waals surface area (Å²) in [7, 11) is 0. The van der Waals surface area contributed by atoms with Crippen molar-refractivity contribution in [3.63, 3.8) is 0 Å². The van der Waals surface area contributed by atoms with Crippen molar-refractivity contribution in [2.24, 2.45) is 5.92 Å². The Kier molecular flexibility index (Phi) is 5.68. The van der Waals surface area contributed by atoms with Gasteiger partial charge in [-0.2, -0.15) is 0 Å². The van der Waals surface area contributed by atoms with Crippen molar-refractivity contribution in [3.05, 3.63) is 35.1 Å². The van der Waals surface area contributed by atoms with Crippen molar-refractivity contribution in [3.8, 4) is 5.69 Å². The summed E-state index contributed by atoms with van der Waals surface area (Å²) < 4.78 is 0. The standard InChI is InChI=1S/C18H24ClN5O/c1-3-7-13(2)18(25)23-11-5-4-10-16(23)17-20-22-24(21-17)15-9-6-8-14(19)12-15/h6,8-9,12-13,16H,3-5,7,10-11H2,1-2H3. The zero-order chi connectivity index (χ0) is 17.8. The number of carbonyl (C=O) groups is 1. The molecule has 2 heterocycles. The zero-order valence-electron chi connectivity index (χ0n) is 14.7. The average molecular weight is 362 g/mol. The molecule has 0 saturated carbocycles. The second-order valence-corrected chi connectivity index (χ2v) is 7.09. The van der Waals surface area contributed by atoms with E-state index in [1.54, 1.807) is 12.1 Å². The summed E-state index contributed by atoms with van der Waals surface area (Å²) in [6.45, 7) is 4.88. The first-order chi connectivity index (χ1) is 12.1. The van der Waals surface area contributed by atoms with E-state index in [4.69, 9.17) is 11.6 Å². The third kappa shape index (κ3) is 4.00. The van der Waals surface area contributed by atoms with Gasteiger partial charge >= 0.3 is 0 Å². The molecule has 0 bridgehead atoms. The van der Waals surface area contributed by atoms with Crippen molar-refractivity contribution in [1.82, 2.24) is 25.1 Å². The summed E-state index contributed by atoms with van der Waals surface area (Å²) in [6.07, 6.45) is 4.90. The van der Waals surface area contributed by atoms with Crippen LogP contribution in [0, 0.1) is 5.92 Å². The van der Waals surface area contributed by atoms with Gasteiger partial charge in [-0.25, -0.2) is 0 Å². The fourth-order valence-corrected chi connectivity index (χ4v) is 3.56. The van der Waals surface area contributed by atoms with Crippen LogP contribution in [0.4, 0.5) is 0 Å². The van der Waals surface area contributed by atoms with Crippen LogP contribution in [-0.2, 0) is 4.79 Å². The Balaban J connectivity index is 1.82. The summed E-state index contributed by atoms with van der Waals surface area (Å²) in [5.74, 6) is 0.843. The summed E-state index contributed by atoms with van der Waals surface area (Å²) in [5.41, 5.74) is 0.763. The summed E-state index contributed by atoms with van der Waals surface area (Å²) in [6, 6.07) is 7.24. The number of nitrogens with zero attached hydrogens (tertiary/aromatic N) is 5. The molecule has 134 valence electrons. The highest BCUT2D eigenvalue weighted by Crippen LogP contribution is 2.30. The van der Waals surface area contributed by atoms with Gasteiger partial charge in [-0.1, -0.05) is 37.9 Å². The Morgan fingerprint density at radius 1 is 1.40 bits per heavy atom. The molecule has 6 nitrogen and oxygen atoms in total. The highest BCUT2D eigenvalue weighted by atomic mass is 35.5. The molecule has 1 amide bonds. The summed E-state index contributed by atoms with van der Waals surface area (Å²) in [4.78, 5) is 16.2. The third-order valence-corrected chi connectivity index (χ3v) is 4.93. The lowest BCUT2D eigenvalue weighted by atomic mass is 9.97. The van der Waals surface area contributed by atoms with Crippen LogP contribution >= 0.6 is 11.6 Å². The van der Waals surface area contributed by atoms with E-state index in [-0.39, 0.29) is 17.9 Å². The maximum atomic E-state index is 12.8. The third-order valence-electron chi connectivity index (χ3n) is 4.70. The van der Waals surface area contributed by atoms with E-state index in [2.05, 4.69) is 22.3 Å². The van der Waals surface area contributed by atoms with Crippen molar-refractivity contribution in [2.75, 3.05) is 6.54 Å². The van der Waals surface area contributed by atoms with Crippen molar-refractivity contribution < 1.29 is 4.79 Å². The molecule has 1 aliphatic heterocycles. The van der Waals surface area contributed by atoms with Gasteiger partial charge in [-0.05, 0) is 49.1 Å². The number of rotatable bonds is 5. The largest absolute Gasteiger partial charge is 0.332 e. The molecule has 2 aromatic rings. The number of aromatic nitrogens is 4. The average Bonchev–Trinajstić information content (AvgIpc) is 3.11. The van der Waals surface area contributed by atoms with Crippen molar-refractivity contribution >= 4 is 17.5 Å². The molecule has 0 spiro atoms. The van der Waals surface area contributed by atoms with Gasteiger partial charge in [0, 0.05) is 17.5 Å². The van der Waals surface area contributed by atoms with Crippen molar-refractivity contribution in [1.29, 1.82) is 0 Å². The number of tetrazole rings is 1. The van der Waals surface area contributed by atoms with E-state index >= 15 is 0 Å². The van der Waals surface area contributed by atoms with Crippen LogP contribution in [0.25, 0.3) is 5.69 Å². The molecule has 0 radical (unpaired) electrons. The Labute approximate surface area is 153 Å². The van der Waals surface area contributed by atoms with Crippen molar-refractivity contribution in [2.45, 2.75) is 52.0 Å². The van der Waals surface area contributed by atoms with Crippen LogP contribution in [0.15, 0.2) is 24.3 Å². The number of hydrogen-bond donors (Lipinski definition) is 0. The Hall–Kier alpha value is -1.95. The predicted octanol–water partition coefficient (Wildman–Crippen LogP) is 3.81. The van der Waals surface area contributed by atoms with Crippen LogP contribution < -0.4 is 0 Å². The van der Waals surface area contributed by atoms with Crippen LogP contribution in [0.1, 0.15) is 57.8 Å². The molecule has 0 N–H and O–H groups in total. The molecule has 1 aliphatic rings. The fourth-order valence-electron chi connectivity index (χ4n) is 3.37. The molecule has 1 fully saturated rings. The number of benzene rings is 1. The minimum atomic E-state index is -0.0894. The molecular formula is C18H24ClN5O. The number of hydrogen-bond acceptors (Lipinski definition) is 4. The first-order valence-electron chi connectivity index (χ1n) is 8.96. The highest BCUT2D eigenvalue weighted by Gasteiger charge is 2.33. The lowest BCUT2D eigenvalue weighted by molar-refractivity contribution is -0.139. The molecule has 25 heavy (non-hydrogen) atoms. The number of piperidine rings is 1. The van der Waals surface area contributed by atoms with Gasteiger partial charge in [-0.15, -0.1) is 15.0 Å². The topological polar surface area (TPSA) is 63.9 Å². The normalized spacial score (nSPS) is 19.0. The number of halogens is 1. The molecule has 2 atom stereocenters. The smallest absolute Gasteiger partial charge is 0.226 e. The molecule has 3 rings (SSSR count). The van der Waals surface area contributed by atoms with Gasteiger partial charge in [0.2, 0.25) is 5.91 Å². The molecule has 1 saturated heterocycles. The summed E-state index contributed by atoms with van der Waals surface area (Å²) >= 11 is 6.04. The molecule has 2 unspecified atom stereocenters. The number of amides is 1. The lowest BCUT2D eigenvalue weighted by Crippen LogP contribution is -2.41. The Bertz CT molecular complexity index is 732. The van der Waals surface area contributed by atoms with E-state index in [9.17, 15) is 4.79 Å². The second kappa shape index (κ2) is 7.95. The number of carbonyl (C=O) groups excluding carboxylic acids is 1. The first kappa shape index (κ1) is 17.9. The monoisotopic (exact) mass is 361 g/mol. The van der Waals surface area contributed by atoms with Crippen LogP contribution in [0.5, 0.6) is 0 Å². The minimum Gasteiger partial charge on any atom is -0.332 e. The van der Waals surface area contributed by atoms with Gasteiger partial charge < -0.3 is 4.90 Å². The highest BCUT2D eigenvalue weighted by molar-refractivity contribution is 6.30. The minimum absolute atomic E-state index is 0.0357. The maximum absolute atomic E-state index is 12.8. The van der Waals surface area contributed by atoms with Crippen LogP contribution in [0.3, 0.4) is 0 Å². The predicted molar refractivity (Wildman–Crippen MR) is 96.5 cm³/mol. The van der Waals surface area contributed by atoms with Gasteiger partial charge in [0.05, 0.1) is 11.7 Å². The Morgan fingerprint density at radius 2 is 2.24 bits per heavy atom. The van der Waals surface area contributed by atoms with E-state index in [1.807, 2.05) is 24.0 Å². The van der Waals surface area contributed by atoms with Crippen LogP contribution in [0.2, 0.25) is 5.02 Å². The van der Waals surface area contributed by atoms with Gasteiger partial charge in [0.15, 0.2) is 5.82 Å². The van der Waals surface area contributed by atoms with E-state index in [1.165, 1.54) is 4.80 Å². The van der Waals surface area contributed by atoms with E-state index < -0.39 is 0 Å². The quantitative estimate of drug-likeness (QED) is 0.812. The molecule has 0 aliphatic carbocycles. The molecule has 7 heteroatoms. The first-order valence-corrected chi connectivity index (χ1v) is 9.34. The van der Waals surface area contributed by atoms with Gasteiger partial charge in [0.25, 0.3) is 0 Å². The fraction of sp³-hybridized carbons (Fsp3) is 0.556. The Morgan fingerprint density at radius 3 is 3.00 bits per heavy atom. The maximum Gasteiger partial charge on any atom is 0.226 e. The summed E-state index contributed by atoms with van der Waals surface area (Å²) in [5, 5.41) is 13.5. The zero-order valence-corrected chi connectivity index (χ0v) is 15.5. The number of likely N-dealkylation sites (tertiary alicyclic amines) is 1. The van der Waals surface area contributed by atoms with Crippen LogP contribution in [-0.4, -0.2) is 37.6 Å². The van der Waals surface area contributed by atoms with E-state index in [0.29, 0.717) is 10.8 Å². The molecule has 1 aromatic carbocycles. The second-order valence-electron chi connectivity index (χ2n) is 6.65. The SMILES string of the molecule is CCCC(C)C(=O)N1CCCCC1c1nnn(-c2cccc(Cl)c2)n1. The van der Waals surface area contributed by atoms with Gasteiger partial charge in [0.1, 0.15) is 0 Å². The van der Waals surface area contributed by atoms with Gasteiger partial charge in [-0.3, -0.25) is 4.79 Å². The van der Waals surface area contributed by atoms with E-state index in [0.717, 1.165) is 44.3 Å². The lowest BCUT2D eigenvalue weighted by Gasteiger charge is -2.35. The molecular weight excluding hydrogens is 338 g/mol.